The van der Waals surface area contributed by atoms with E-state index in [2.05, 4.69) is 21.0 Å². The molecular weight excluding hydrogens is 304 g/mol. The zero-order valence-corrected chi connectivity index (χ0v) is 11.8. The van der Waals surface area contributed by atoms with E-state index in [1.165, 1.54) is 11.3 Å². The van der Waals surface area contributed by atoms with Crippen LogP contribution in [0.5, 0.6) is 5.75 Å². The Morgan fingerprint density at radius 3 is 3.00 bits per heavy atom. The number of nitrogens with zero attached hydrogens (tertiary/aromatic N) is 2. The first kappa shape index (κ1) is 12.3. The minimum absolute atomic E-state index is 0.0375. The van der Waals surface area contributed by atoms with Gasteiger partial charge in [0.1, 0.15) is 11.4 Å². The van der Waals surface area contributed by atoms with Gasteiger partial charge in [0.25, 0.3) is 0 Å². The second-order valence-electron chi connectivity index (χ2n) is 3.34. The summed E-state index contributed by atoms with van der Waals surface area (Å²) in [6.07, 6.45) is 1.64. The first-order chi connectivity index (χ1) is 8.17. The van der Waals surface area contributed by atoms with Crippen LogP contribution in [0.25, 0.3) is 0 Å². The highest BCUT2D eigenvalue weighted by Crippen LogP contribution is 2.26. The predicted octanol–water partition coefficient (Wildman–Crippen LogP) is 2.97. The molecule has 0 aliphatic carbocycles. The van der Waals surface area contributed by atoms with Crippen molar-refractivity contribution in [3.8, 4) is 5.75 Å². The van der Waals surface area contributed by atoms with Crippen molar-refractivity contribution in [3.05, 3.63) is 32.7 Å². The number of carbonyl (C=O) groups excluding carboxylic acids is 1. The molecule has 0 unspecified atom stereocenters. The molecule has 0 bridgehead atoms. The zero-order valence-electron chi connectivity index (χ0n) is 9.44. The van der Waals surface area contributed by atoms with Crippen molar-refractivity contribution < 1.29 is 9.53 Å². The molecule has 0 aliphatic rings. The van der Waals surface area contributed by atoms with E-state index >= 15 is 0 Å². The Balaban J connectivity index is 2.39. The summed E-state index contributed by atoms with van der Waals surface area (Å²) in [5, 5.41) is 5.94. The number of hydrogen-bond donors (Lipinski definition) is 0. The van der Waals surface area contributed by atoms with Crippen molar-refractivity contribution in [3.63, 3.8) is 0 Å². The fourth-order valence-electron chi connectivity index (χ4n) is 1.49. The average molecular weight is 315 g/mol. The van der Waals surface area contributed by atoms with Gasteiger partial charge in [0.05, 0.1) is 22.7 Å². The second-order valence-corrected chi connectivity index (χ2v) is 5.10. The third-order valence-electron chi connectivity index (χ3n) is 2.34. The minimum atomic E-state index is -0.0375. The molecule has 0 fully saturated rings. The number of halogens is 1. The molecule has 0 amide bonds. The van der Waals surface area contributed by atoms with Gasteiger partial charge in [0, 0.05) is 18.0 Å². The van der Waals surface area contributed by atoms with Crippen LogP contribution >= 0.6 is 27.3 Å². The summed E-state index contributed by atoms with van der Waals surface area (Å²) in [5.41, 5.74) is 0.581. The molecule has 0 spiro atoms. The standard InChI is InChI=1S/C11H11BrN2O2S/c1-3-14-10(8(12)5-13-14)11(15)9-4-7(16-2)6-17-9/h4-6H,3H2,1-2H3. The largest absolute Gasteiger partial charge is 0.496 e. The normalized spacial score (nSPS) is 10.5. The Labute approximate surface area is 111 Å². The highest BCUT2D eigenvalue weighted by molar-refractivity contribution is 9.10. The maximum atomic E-state index is 12.3. The van der Waals surface area contributed by atoms with Crippen molar-refractivity contribution in [2.75, 3.05) is 7.11 Å². The summed E-state index contributed by atoms with van der Waals surface area (Å²) in [6.45, 7) is 2.61. The number of thiophene rings is 1. The van der Waals surface area contributed by atoms with Crippen molar-refractivity contribution in [1.29, 1.82) is 0 Å². The van der Waals surface area contributed by atoms with Crippen molar-refractivity contribution in [2.24, 2.45) is 0 Å². The number of ether oxygens (including phenoxy) is 1. The molecular formula is C11H11BrN2O2S. The monoisotopic (exact) mass is 314 g/mol. The lowest BCUT2D eigenvalue weighted by Gasteiger charge is -2.02. The number of aryl methyl sites for hydroxylation is 1. The zero-order chi connectivity index (χ0) is 12.4. The highest BCUT2D eigenvalue weighted by atomic mass is 79.9. The quantitative estimate of drug-likeness (QED) is 0.815. The third-order valence-corrected chi connectivity index (χ3v) is 3.83. The van der Waals surface area contributed by atoms with Gasteiger partial charge in [-0.25, -0.2) is 0 Å². The van der Waals surface area contributed by atoms with Crippen molar-refractivity contribution in [2.45, 2.75) is 13.5 Å². The lowest BCUT2D eigenvalue weighted by atomic mass is 10.2. The van der Waals surface area contributed by atoms with E-state index in [1.54, 1.807) is 24.1 Å². The van der Waals surface area contributed by atoms with E-state index in [1.807, 2.05) is 12.3 Å². The van der Waals surface area contributed by atoms with Crippen molar-refractivity contribution >= 4 is 33.0 Å². The Kier molecular flexibility index (Phi) is 3.63. The number of rotatable bonds is 4. The van der Waals surface area contributed by atoms with E-state index < -0.39 is 0 Å². The van der Waals surface area contributed by atoms with Gasteiger partial charge in [-0.05, 0) is 22.9 Å². The van der Waals surface area contributed by atoms with Crippen LogP contribution in [0.1, 0.15) is 22.3 Å². The molecule has 4 nitrogen and oxygen atoms in total. The van der Waals surface area contributed by atoms with Gasteiger partial charge in [-0.3, -0.25) is 9.48 Å². The molecule has 90 valence electrons. The number of carbonyl (C=O) groups is 1. The number of methoxy groups -OCH3 is 1. The summed E-state index contributed by atoms with van der Waals surface area (Å²) in [5.74, 6) is 0.668. The maximum absolute atomic E-state index is 12.3. The Bertz CT molecular complexity index is 547. The summed E-state index contributed by atoms with van der Waals surface area (Å²) >= 11 is 4.72. The van der Waals surface area contributed by atoms with E-state index in [0.29, 0.717) is 22.9 Å². The van der Waals surface area contributed by atoms with E-state index in [9.17, 15) is 4.79 Å². The van der Waals surface area contributed by atoms with Gasteiger partial charge in [0.2, 0.25) is 5.78 Å². The Hall–Kier alpha value is -1.14. The van der Waals surface area contributed by atoms with Crippen LogP contribution in [0.3, 0.4) is 0 Å². The topological polar surface area (TPSA) is 44.1 Å². The van der Waals surface area contributed by atoms with Gasteiger partial charge in [-0.1, -0.05) is 0 Å². The lowest BCUT2D eigenvalue weighted by molar-refractivity contribution is 0.103. The SMILES string of the molecule is CCn1ncc(Br)c1C(=O)c1cc(OC)cs1. The fraction of sp³-hybridized carbons (Fsp3) is 0.273. The molecule has 0 aliphatic heterocycles. The molecule has 0 atom stereocenters. The number of aromatic nitrogens is 2. The van der Waals surface area contributed by atoms with Gasteiger partial charge in [0.15, 0.2) is 0 Å². The molecule has 0 aromatic carbocycles. The number of hydrogen-bond acceptors (Lipinski definition) is 4. The second kappa shape index (κ2) is 5.01. The van der Waals surface area contributed by atoms with Crippen LogP contribution in [-0.4, -0.2) is 22.7 Å². The van der Waals surface area contributed by atoms with Crippen LogP contribution in [0.2, 0.25) is 0 Å². The molecule has 0 N–H and O–H groups in total. The Morgan fingerprint density at radius 2 is 2.41 bits per heavy atom. The Morgan fingerprint density at radius 1 is 1.65 bits per heavy atom. The van der Waals surface area contributed by atoms with Gasteiger partial charge in [-0.15, -0.1) is 11.3 Å². The fourth-order valence-corrected chi connectivity index (χ4v) is 2.76. The lowest BCUT2D eigenvalue weighted by Crippen LogP contribution is -2.09. The smallest absolute Gasteiger partial charge is 0.222 e. The molecule has 2 rings (SSSR count). The molecule has 2 heterocycles. The van der Waals surface area contributed by atoms with Crippen LogP contribution in [0.4, 0.5) is 0 Å². The van der Waals surface area contributed by atoms with Crippen LogP contribution in [0, 0.1) is 0 Å². The minimum Gasteiger partial charge on any atom is -0.496 e. The summed E-state index contributed by atoms with van der Waals surface area (Å²) in [6, 6.07) is 1.74. The molecule has 0 saturated carbocycles. The van der Waals surface area contributed by atoms with E-state index in [-0.39, 0.29) is 5.78 Å². The first-order valence-corrected chi connectivity index (χ1v) is 6.73. The first-order valence-electron chi connectivity index (χ1n) is 5.06. The highest BCUT2D eigenvalue weighted by Gasteiger charge is 2.19. The maximum Gasteiger partial charge on any atom is 0.222 e. The van der Waals surface area contributed by atoms with Crippen LogP contribution < -0.4 is 4.74 Å². The molecule has 2 aromatic rings. The summed E-state index contributed by atoms with van der Waals surface area (Å²) in [7, 11) is 1.59. The third kappa shape index (κ3) is 2.28. The summed E-state index contributed by atoms with van der Waals surface area (Å²) < 4.78 is 7.47. The van der Waals surface area contributed by atoms with Gasteiger partial charge in [-0.2, -0.15) is 5.10 Å². The molecule has 0 saturated heterocycles. The molecule has 17 heavy (non-hydrogen) atoms. The van der Waals surface area contributed by atoms with E-state index in [4.69, 9.17) is 4.74 Å². The van der Waals surface area contributed by atoms with Crippen LogP contribution in [0.15, 0.2) is 22.1 Å². The van der Waals surface area contributed by atoms with E-state index in [0.717, 1.165) is 4.47 Å². The predicted molar refractivity (Wildman–Crippen MR) is 69.9 cm³/mol. The average Bonchev–Trinajstić information content (AvgIpc) is 2.94. The molecule has 2 aromatic heterocycles. The number of ketones is 1. The summed E-state index contributed by atoms with van der Waals surface area (Å²) in [4.78, 5) is 13.0. The van der Waals surface area contributed by atoms with Gasteiger partial charge >= 0.3 is 0 Å². The van der Waals surface area contributed by atoms with Crippen molar-refractivity contribution in [1.82, 2.24) is 9.78 Å². The van der Waals surface area contributed by atoms with Crippen LogP contribution in [-0.2, 0) is 6.54 Å². The molecule has 0 radical (unpaired) electrons. The van der Waals surface area contributed by atoms with Gasteiger partial charge < -0.3 is 4.74 Å². The molecule has 6 heteroatoms.